The van der Waals surface area contributed by atoms with Gasteiger partial charge in [0.05, 0.1) is 17.2 Å². The molecule has 0 aliphatic heterocycles. The van der Waals surface area contributed by atoms with Crippen LogP contribution in [-0.4, -0.2) is 23.5 Å². The second kappa shape index (κ2) is 5.72. The average molecular weight is 213 g/mol. The highest BCUT2D eigenvalue weighted by Crippen LogP contribution is 2.00. The Hall–Kier alpha value is -0.940. The second-order valence-corrected chi connectivity index (χ2v) is 3.75. The molecule has 4 nitrogen and oxygen atoms in total. The smallest absolute Gasteiger partial charge is 0.236 e. The van der Waals surface area contributed by atoms with Crippen LogP contribution in [0.5, 0.6) is 0 Å². The van der Waals surface area contributed by atoms with Crippen molar-refractivity contribution >= 4 is 17.2 Å². The number of rotatable bonds is 5. The third-order valence-electron chi connectivity index (χ3n) is 1.94. The zero-order valence-corrected chi connectivity index (χ0v) is 9.01. The molecule has 0 aliphatic rings. The lowest BCUT2D eigenvalue weighted by atomic mass is 10.2. The highest BCUT2D eigenvalue weighted by atomic mass is 32.1. The van der Waals surface area contributed by atoms with Crippen LogP contribution >= 0.6 is 11.3 Å². The van der Waals surface area contributed by atoms with Crippen LogP contribution in [0.2, 0.25) is 0 Å². The molecule has 1 atom stereocenters. The molecule has 0 radical (unpaired) electrons. The summed E-state index contributed by atoms with van der Waals surface area (Å²) in [4.78, 5) is 15.4. The third-order valence-corrected chi connectivity index (χ3v) is 2.58. The lowest BCUT2D eigenvalue weighted by Gasteiger charge is -2.08. The monoisotopic (exact) mass is 213 g/mol. The van der Waals surface area contributed by atoms with Crippen molar-refractivity contribution in [2.75, 3.05) is 6.54 Å². The molecule has 0 aromatic carbocycles. The molecule has 14 heavy (non-hydrogen) atoms. The molecular weight excluding hydrogens is 198 g/mol. The van der Waals surface area contributed by atoms with E-state index in [9.17, 15) is 4.79 Å². The molecule has 1 aromatic heterocycles. The van der Waals surface area contributed by atoms with Crippen LogP contribution in [0.4, 0.5) is 0 Å². The minimum absolute atomic E-state index is 0.0808. The first-order chi connectivity index (χ1) is 6.74. The normalized spacial score (nSPS) is 12.4. The molecule has 0 saturated carbocycles. The van der Waals surface area contributed by atoms with Crippen molar-refractivity contribution in [2.24, 2.45) is 5.73 Å². The molecule has 5 heteroatoms. The molecule has 0 bridgehead atoms. The van der Waals surface area contributed by atoms with Crippen LogP contribution in [0.25, 0.3) is 0 Å². The van der Waals surface area contributed by atoms with E-state index in [4.69, 9.17) is 5.73 Å². The topological polar surface area (TPSA) is 68.0 Å². The summed E-state index contributed by atoms with van der Waals surface area (Å²) < 4.78 is 0. The standard InChI is InChI=1S/C9H15N3OS/c1-2-8(10)9(13)11-4-3-7-5-14-6-12-7/h5-6,8H,2-4,10H2,1H3,(H,11,13)/t8-/m1/s1. The van der Waals surface area contributed by atoms with E-state index in [-0.39, 0.29) is 11.9 Å². The molecule has 1 heterocycles. The molecule has 0 aliphatic carbocycles. The SMILES string of the molecule is CC[C@@H](N)C(=O)NCCc1cscn1. The van der Waals surface area contributed by atoms with E-state index < -0.39 is 0 Å². The molecular formula is C9H15N3OS. The van der Waals surface area contributed by atoms with Crippen molar-refractivity contribution < 1.29 is 4.79 Å². The van der Waals surface area contributed by atoms with E-state index in [2.05, 4.69) is 10.3 Å². The number of aromatic nitrogens is 1. The molecule has 0 spiro atoms. The lowest BCUT2D eigenvalue weighted by molar-refractivity contribution is -0.122. The van der Waals surface area contributed by atoms with Gasteiger partial charge in [0.1, 0.15) is 0 Å². The number of carbonyl (C=O) groups excluding carboxylic acids is 1. The summed E-state index contributed by atoms with van der Waals surface area (Å²) >= 11 is 1.56. The summed E-state index contributed by atoms with van der Waals surface area (Å²) in [6.07, 6.45) is 1.44. The predicted molar refractivity (Wildman–Crippen MR) is 57.1 cm³/mol. The molecule has 1 aromatic rings. The summed E-state index contributed by atoms with van der Waals surface area (Å²) in [6, 6.07) is -0.384. The van der Waals surface area contributed by atoms with E-state index in [0.29, 0.717) is 13.0 Å². The maximum Gasteiger partial charge on any atom is 0.236 e. The van der Waals surface area contributed by atoms with Gasteiger partial charge in [0.2, 0.25) is 5.91 Å². The van der Waals surface area contributed by atoms with Crippen LogP contribution < -0.4 is 11.1 Å². The number of carbonyl (C=O) groups is 1. The van der Waals surface area contributed by atoms with E-state index in [1.54, 1.807) is 16.8 Å². The average Bonchev–Trinajstić information content (AvgIpc) is 2.69. The Morgan fingerprint density at radius 3 is 3.14 bits per heavy atom. The number of hydrogen-bond donors (Lipinski definition) is 2. The largest absolute Gasteiger partial charge is 0.354 e. The van der Waals surface area contributed by atoms with Gasteiger partial charge >= 0.3 is 0 Å². The summed E-state index contributed by atoms with van der Waals surface area (Å²) in [5.41, 5.74) is 8.35. The number of thiazole rings is 1. The predicted octanol–water partition coefficient (Wildman–Crippen LogP) is 0.539. The Balaban J connectivity index is 2.18. The fraction of sp³-hybridized carbons (Fsp3) is 0.556. The van der Waals surface area contributed by atoms with Gasteiger partial charge in [0.15, 0.2) is 0 Å². The Labute approximate surface area is 87.5 Å². The molecule has 0 fully saturated rings. The van der Waals surface area contributed by atoms with Crippen LogP contribution in [0.1, 0.15) is 19.0 Å². The van der Waals surface area contributed by atoms with Crippen LogP contribution in [0, 0.1) is 0 Å². The molecule has 0 saturated heterocycles. The quantitative estimate of drug-likeness (QED) is 0.750. The van der Waals surface area contributed by atoms with Gasteiger partial charge in [-0.3, -0.25) is 4.79 Å². The summed E-state index contributed by atoms with van der Waals surface area (Å²) in [5.74, 6) is -0.0808. The fourth-order valence-corrected chi connectivity index (χ4v) is 1.58. The van der Waals surface area contributed by atoms with E-state index >= 15 is 0 Å². The maximum absolute atomic E-state index is 11.2. The van der Waals surface area contributed by atoms with Crippen molar-refractivity contribution in [3.05, 3.63) is 16.6 Å². The van der Waals surface area contributed by atoms with Gasteiger partial charge < -0.3 is 11.1 Å². The summed E-state index contributed by atoms with van der Waals surface area (Å²) in [7, 11) is 0. The van der Waals surface area contributed by atoms with Gasteiger partial charge in [-0.15, -0.1) is 11.3 Å². The maximum atomic E-state index is 11.2. The highest BCUT2D eigenvalue weighted by molar-refractivity contribution is 7.07. The minimum atomic E-state index is -0.384. The van der Waals surface area contributed by atoms with E-state index in [0.717, 1.165) is 12.1 Å². The molecule has 1 rings (SSSR count). The van der Waals surface area contributed by atoms with Gasteiger partial charge in [-0.1, -0.05) is 6.92 Å². The number of nitrogens with zero attached hydrogens (tertiary/aromatic N) is 1. The van der Waals surface area contributed by atoms with Crippen molar-refractivity contribution in [1.29, 1.82) is 0 Å². The first-order valence-electron chi connectivity index (χ1n) is 4.64. The van der Waals surface area contributed by atoms with Crippen molar-refractivity contribution in [3.63, 3.8) is 0 Å². The zero-order valence-electron chi connectivity index (χ0n) is 8.19. The van der Waals surface area contributed by atoms with Crippen molar-refractivity contribution in [2.45, 2.75) is 25.8 Å². The van der Waals surface area contributed by atoms with Gasteiger partial charge in [-0.05, 0) is 6.42 Å². The minimum Gasteiger partial charge on any atom is -0.354 e. The Morgan fingerprint density at radius 1 is 1.79 bits per heavy atom. The van der Waals surface area contributed by atoms with Gasteiger partial charge in [0.25, 0.3) is 0 Å². The number of nitrogens with one attached hydrogen (secondary N) is 1. The van der Waals surface area contributed by atoms with Gasteiger partial charge in [0, 0.05) is 18.3 Å². The van der Waals surface area contributed by atoms with Gasteiger partial charge in [-0.2, -0.15) is 0 Å². The van der Waals surface area contributed by atoms with Crippen LogP contribution in [-0.2, 0) is 11.2 Å². The summed E-state index contributed by atoms with van der Waals surface area (Å²) in [5, 5.41) is 4.75. The van der Waals surface area contributed by atoms with Crippen molar-refractivity contribution in [1.82, 2.24) is 10.3 Å². The Bertz CT molecular complexity index is 274. The fourth-order valence-electron chi connectivity index (χ4n) is 0.991. The second-order valence-electron chi connectivity index (χ2n) is 3.04. The Morgan fingerprint density at radius 2 is 2.57 bits per heavy atom. The highest BCUT2D eigenvalue weighted by Gasteiger charge is 2.09. The molecule has 78 valence electrons. The lowest BCUT2D eigenvalue weighted by Crippen LogP contribution is -2.40. The van der Waals surface area contributed by atoms with Gasteiger partial charge in [-0.25, -0.2) is 4.98 Å². The molecule has 1 amide bonds. The summed E-state index contributed by atoms with van der Waals surface area (Å²) in [6.45, 7) is 2.50. The van der Waals surface area contributed by atoms with E-state index in [1.165, 1.54) is 0 Å². The third kappa shape index (κ3) is 3.43. The molecule has 0 unspecified atom stereocenters. The Kier molecular flexibility index (Phi) is 4.55. The van der Waals surface area contributed by atoms with Crippen LogP contribution in [0.15, 0.2) is 10.9 Å². The first kappa shape index (κ1) is 11.1. The van der Waals surface area contributed by atoms with Crippen LogP contribution in [0.3, 0.4) is 0 Å². The molecule has 3 N–H and O–H groups in total. The number of hydrogen-bond acceptors (Lipinski definition) is 4. The van der Waals surface area contributed by atoms with Crippen molar-refractivity contribution in [3.8, 4) is 0 Å². The number of nitrogens with two attached hydrogens (primary N) is 1. The van der Waals surface area contributed by atoms with E-state index in [1.807, 2.05) is 12.3 Å². The zero-order chi connectivity index (χ0) is 10.4. The number of amides is 1. The first-order valence-corrected chi connectivity index (χ1v) is 5.58.